The molecule has 1 fully saturated rings. The maximum atomic E-state index is 10.9. The first-order valence-electron chi connectivity index (χ1n) is 16.6. The van der Waals surface area contributed by atoms with Gasteiger partial charge in [0.2, 0.25) is 0 Å². The molecule has 3 aliphatic rings. The number of methoxy groups -OCH3 is 4. The van der Waals surface area contributed by atoms with Crippen LogP contribution in [0.2, 0.25) is 0 Å². The Morgan fingerprint density at radius 3 is 1.60 bits per heavy atom. The normalized spacial score (nSPS) is 25.8. The fourth-order valence-electron chi connectivity index (χ4n) is 8.29. The Hall–Kier alpha value is -5.06. The monoisotopic (exact) mass is 682 g/mol. The molecule has 6 atom stereocenters. The van der Waals surface area contributed by atoms with Gasteiger partial charge in [0.05, 0.1) is 40.6 Å². The molecule has 1 aliphatic carbocycles. The van der Waals surface area contributed by atoms with Gasteiger partial charge in [0.1, 0.15) is 12.2 Å². The van der Waals surface area contributed by atoms with Crippen LogP contribution in [0.4, 0.5) is 0 Å². The Morgan fingerprint density at radius 1 is 0.560 bits per heavy atom. The molecule has 2 heterocycles. The molecule has 0 amide bonds. The summed E-state index contributed by atoms with van der Waals surface area (Å²) >= 11 is 0. The molecule has 2 aliphatic heterocycles. The molecule has 50 heavy (non-hydrogen) atoms. The number of rotatable bonds is 8. The van der Waals surface area contributed by atoms with Crippen LogP contribution in [0.15, 0.2) is 83.9 Å². The van der Waals surface area contributed by atoms with E-state index in [4.69, 9.17) is 28.4 Å². The molecule has 0 saturated carbocycles. The van der Waals surface area contributed by atoms with Crippen molar-refractivity contribution in [2.45, 2.75) is 50.6 Å². The Bertz CT molecular complexity index is 1950. The zero-order chi connectivity index (χ0) is 35.3. The van der Waals surface area contributed by atoms with Crippen LogP contribution in [0, 0.1) is 11.3 Å². The zero-order valence-electron chi connectivity index (χ0n) is 28.7. The second kappa shape index (κ2) is 13.0. The van der Waals surface area contributed by atoms with E-state index in [1.807, 2.05) is 42.5 Å². The average Bonchev–Trinajstić information content (AvgIpc) is 3.63. The van der Waals surface area contributed by atoms with E-state index in [9.17, 15) is 20.4 Å². The van der Waals surface area contributed by atoms with E-state index >= 15 is 0 Å². The second-order valence-corrected chi connectivity index (χ2v) is 13.3. The van der Waals surface area contributed by atoms with Crippen LogP contribution < -0.4 is 18.9 Å². The van der Waals surface area contributed by atoms with Gasteiger partial charge in [0.25, 0.3) is 0 Å². The Labute approximate surface area is 291 Å². The maximum Gasteiger partial charge on any atom is 0.160 e. The summed E-state index contributed by atoms with van der Waals surface area (Å²) in [6.07, 6.45) is 0.436. The van der Waals surface area contributed by atoms with Crippen LogP contribution in [0.25, 0.3) is 0 Å². The number of ether oxygens (including phenoxy) is 6. The van der Waals surface area contributed by atoms with Crippen molar-refractivity contribution in [3.63, 3.8) is 0 Å². The first-order chi connectivity index (χ1) is 24.1. The van der Waals surface area contributed by atoms with Crippen molar-refractivity contribution >= 4 is 0 Å². The average molecular weight is 683 g/mol. The third-order valence-electron chi connectivity index (χ3n) is 10.9. The minimum absolute atomic E-state index is 0.0251. The lowest BCUT2D eigenvalue weighted by Gasteiger charge is -2.42. The van der Waals surface area contributed by atoms with E-state index in [0.717, 1.165) is 39.8 Å². The first-order valence-corrected chi connectivity index (χ1v) is 16.6. The molecule has 10 nitrogen and oxygen atoms in total. The summed E-state index contributed by atoms with van der Waals surface area (Å²) < 4.78 is 35.8. The van der Waals surface area contributed by atoms with E-state index in [-0.39, 0.29) is 35.0 Å². The molecule has 0 aromatic heterocycles. The molecule has 4 N–H and O–H groups in total. The zero-order valence-corrected chi connectivity index (χ0v) is 28.7. The van der Waals surface area contributed by atoms with E-state index < -0.39 is 23.7 Å². The predicted molar refractivity (Wildman–Crippen MR) is 184 cm³/mol. The van der Waals surface area contributed by atoms with E-state index in [0.29, 0.717) is 35.8 Å². The van der Waals surface area contributed by atoms with Crippen molar-refractivity contribution in [3.05, 3.63) is 106 Å². The number of hydrogen-bond donors (Lipinski definition) is 4. The first kappa shape index (κ1) is 33.4. The lowest BCUT2D eigenvalue weighted by atomic mass is 9.59. The van der Waals surface area contributed by atoms with E-state index in [1.165, 1.54) is 28.4 Å². The van der Waals surface area contributed by atoms with Crippen molar-refractivity contribution in [3.8, 4) is 46.0 Å². The molecule has 0 radical (unpaired) electrons. The lowest BCUT2D eigenvalue weighted by Crippen LogP contribution is -2.34. The fourth-order valence-corrected chi connectivity index (χ4v) is 8.29. The van der Waals surface area contributed by atoms with E-state index in [2.05, 4.69) is 6.92 Å². The SMILES string of the molecule is COc1ccc([C@@H]2O[C@H](c3ccc(O)c(OC)c3)[C@@H](C)[C@@]23CCC2=C(C3)[C@@H](c3ccc(O)c(OC)c3)O[C@H]2c2ccc(O)c(OC)c2)cc1O. The van der Waals surface area contributed by atoms with Crippen molar-refractivity contribution in [1.82, 2.24) is 0 Å². The summed E-state index contributed by atoms with van der Waals surface area (Å²) in [7, 11) is 6.08. The molecule has 262 valence electrons. The molecule has 1 spiro atoms. The standard InChI is InChI=1S/C40H42O10/c1-21-36(22-6-10-28(41)33(17-22)46-3)50-39(25-9-13-32(45-2)31(44)16-25)40(21)15-14-26-27(20-40)38(24-8-12-30(43)35(19-24)48-5)49-37(26)23-7-11-29(42)34(18-23)47-4/h6-13,16-19,21,36-39,41-44H,14-15,20H2,1-5H3/t21-,36+,37+,38-,39+,40+/m1/s1. The number of hydrogen-bond acceptors (Lipinski definition) is 10. The quantitative estimate of drug-likeness (QED) is 0.136. The van der Waals surface area contributed by atoms with Crippen LogP contribution in [0.3, 0.4) is 0 Å². The molecule has 10 heteroatoms. The van der Waals surface area contributed by atoms with Gasteiger partial charge < -0.3 is 48.8 Å². The highest BCUT2D eigenvalue weighted by Gasteiger charge is 2.58. The molecule has 1 saturated heterocycles. The Morgan fingerprint density at radius 2 is 1.06 bits per heavy atom. The predicted octanol–water partition coefficient (Wildman–Crippen LogP) is 7.97. The molecule has 0 unspecified atom stereocenters. The number of benzene rings is 4. The van der Waals surface area contributed by atoms with Gasteiger partial charge in [-0.15, -0.1) is 0 Å². The van der Waals surface area contributed by atoms with Crippen LogP contribution in [0.1, 0.15) is 72.9 Å². The molecule has 7 rings (SSSR count). The van der Waals surface area contributed by atoms with Crippen molar-refractivity contribution in [2.24, 2.45) is 11.3 Å². The van der Waals surface area contributed by atoms with Gasteiger partial charge in [0.15, 0.2) is 46.0 Å². The third kappa shape index (κ3) is 5.43. The van der Waals surface area contributed by atoms with Gasteiger partial charge in [-0.2, -0.15) is 0 Å². The summed E-state index contributed by atoms with van der Waals surface area (Å²) in [5, 5.41) is 42.1. The minimum Gasteiger partial charge on any atom is -0.504 e. The van der Waals surface area contributed by atoms with Crippen LogP contribution in [0.5, 0.6) is 46.0 Å². The minimum atomic E-state index is -0.466. The molecule has 4 aromatic carbocycles. The number of phenolic OH excluding ortho intramolecular Hbond substituents is 4. The number of phenols is 4. The van der Waals surface area contributed by atoms with Gasteiger partial charge in [0, 0.05) is 5.41 Å². The number of aromatic hydroxyl groups is 4. The summed E-state index contributed by atoms with van der Waals surface area (Å²) in [4.78, 5) is 0. The molecular formula is C40H42O10. The molecule has 4 aromatic rings. The van der Waals surface area contributed by atoms with Gasteiger partial charge in [-0.3, -0.25) is 0 Å². The lowest BCUT2D eigenvalue weighted by molar-refractivity contribution is 0.00311. The summed E-state index contributed by atoms with van der Waals surface area (Å²) in [5.41, 5.74) is 5.22. The van der Waals surface area contributed by atoms with Crippen LogP contribution in [-0.2, 0) is 9.47 Å². The smallest absolute Gasteiger partial charge is 0.160 e. The highest BCUT2D eigenvalue weighted by atomic mass is 16.5. The second-order valence-electron chi connectivity index (χ2n) is 13.3. The largest absolute Gasteiger partial charge is 0.504 e. The summed E-state index contributed by atoms with van der Waals surface area (Å²) in [5.74, 6) is 1.58. The van der Waals surface area contributed by atoms with Gasteiger partial charge in [-0.1, -0.05) is 31.2 Å². The Balaban J connectivity index is 1.37. The van der Waals surface area contributed by atoms with Gasteiger partial charge in [-0.25, -0.2) is 0 Å². The van der Waals surface area contributed by atoms with Crippen LogP contribution in [-0.4, -0.2) is 48.9 Å². The van der Waals surface area contributed by atoms with Crippen molar-refractivity contribution < 1.29 is 48.8 Å². The highest BCUT2D eigenvalue weighted by molar-refractivity contribution is 5.51. The van der Waals surface area contributed by atoms with Gasteiger partial charge in [-0.05, 0) is 107 Å². The van der Waals surface area contributed by atoms with Crippen LogP contribution >= 0.6 is 0 Å². The Kier molecular flexibility index (Phi) is 8.69. The summed E-state index contributed by atoms with van der Waals surface area (Å²) in [6, 6.07) is 21.3. The summed E-state index contributed by atoms with van der Waals surface area (Å²) in [6.45, 7) is 2.20. The maximum absolute atomic E-state index is 10.9. The third-order valence-corrected chi connectivity index (χ3v) is 10.9. The van der Waals surface area contributed by atoms with Gasteiger partial charge >= 0.3 is 0 Å². The van der Waals surface area contributed by atoms with Crippen molar-refractivity contribution in [2.75, 3.05) is 28.4 Å². The fraction of sp³-hybridized carbons (Fsp3) is 0.350. The van der Waals surface area contributed by atoms with Crippen molar-refractivity contribution in [1.29, 1.82) is 0 Å². The highest BCUT2D eigenvalue weighted by Crippen LogP contribution is 2.67. The topological polar surface area (TPSA) is 136 Å². The van der Waals surface area contributed by atoms with E-state index in [1.54, 1.807) is 30.3 Å². The molecule has 0 bridgehead atoms. The molecular weight excluding hydrogens is 640 g/mol.